The van der Waals surface area contributed by atoms with Gasteiger partial charge in [-0.25, -0.2) is 4.79 Å². The molecule has 1 rings (SSSR count). The molecule has 1 fully saturated rings. The molecule has 4 heteroatoms. The van der Waals surface area contributed by atoms with Gasteiger partial charge >= 0.3 is 5.97 Å². The van der Waals surface area contributed by atoms with Crippen LogP contribution in [0.2, 0.25) is 0 Å². The maximum Gasteiger partial charge on any atom is 0.333 e. The standard InChI is InChI=1S/C12H21NO3/c1-3-10(11(14)16-2)5-8-13-9-12(15)6-4-7-12/h5,13,15H,3-4,6-9H2,1-2H3. The predicted octanol–water partition coefficient (Wildman–Crippen LogP) is 1.00. The Morgan fingerprint density at radius 2 is 2.25 bits per heavy atom. The van der Waals surface area contributed by atoms with Crippen molar-refractivity contribution >= 4 is 5.97 Å². The normalized spacial score (nSPS) is 19.1. The Bertz CT molecular complexity index is 269. The molecule has 0 amide bonds. The number of carbonyl (C=O) groups is 1. The molecule has 0 bridgehead atoms. The molecule has 92 valence electrons. The van der Waals surface area contributed by atoms with Gasteiger partial charge in [0.25, 0.3) is 0 Å². The Balaban J connectivity index is 2.26. The summed E-state index contributed by atoms with van der Waals surface area (Å²) < 4.78 is 4.65. The van der Waals surface area contributed by atoms with Crippen molar-refractivity contribution in [3.63, 3.8) is 0 Å². The van der Waals surface area contributed by atoms with Gasteiger partial charge in [-0.3, -0.25) is 0 Å². The molecule has 0 aromatic heterocycles. The summed E-state index contributed by atoms with van der Waals surface area (Å²) in [5, 5.41) is 13.0. The number of rotatable bonds is 6. The smallest absolute Gasteiger partial charge is 0.333 e. The van der Waals surface area contributed by atoms with Crippen LogP contribution in [0.25, 0.3) is 0 Å². The Hall–Kier alpha value is -0.870. The molecule has 0 aromatic rings. The molecule has 2 N–H and O–H groups in total. The largest absolute Gasteiger partial charge is 0.466 e. The summed E-state index contributed by atoms with van der Waals surface area (Å²) in [6, 6.07) is 0. The fourth-order valence-corrected chi connectivity index (χ4v) is 1.76. The van der Waals surface area contributed by atoms with E-state index in [1.807, 2.05) is 13.0 Å². The monoisotopic (exact) mass is 227 g/mol. The van der Waals surface area contributed by atoms with Gasteiger partial charge in [-0.2, -0.15) is 0 Å². The van der Waals surface area contributed by atoms with E-state index < -0.39 is 5.60 Å². The first-order valence-electron chi connectivity index (χ1n) is 5.82. The summed E-state index contributed by atoms with van der Waals surface area (Å²) >= 11 is 0. The van der Waals surface area contributed by atoms with Crippen molar-refractivity contribution in [2.24, 2.45) is 0 Å². The molecule has 0 heterocycles. The minimum absolute atomic E-state index is 0.272. The van der Waals surface area contributed by atoms with Gasteiger partial charge in [0.15, 0.2) is 0 Å². The maximum atomic E-state index is 11.2. The lowest BCUT2D eigenvalue weighted by Crippen LogP contribution is -2.46. The first-order chi connectivity index (χ1) is 7.61. The summed E-state index contributed by atoms with van der Waals surface area (Å²) in [6.07, 6.45) is 5.35. The van der Waals surface area contributed by atoms with E-state index in [0.717, 1.165) is 19.3 Å². The average Bonchev–Trinajstić information content (AvgIpc) is 2.26. The fraction of sp³-hybridized carbons (Fsp3) is 0.750. The van der Waals surface area contributed by atoms with Crippen molar-refractivity contribution in [2.75, 3.05) is 20.2 Å². The quantitative estimate of drug-likeness (QED) is 0.404. The summed E-state index contributed by atoms with van der Waals surface area (Å²) in [5.41, 5.74) is 0.168. The van der Waals surface area contributed by atoms with E-state index in [9.17, 15) is 9.90 Å². The van der Waals surface area contributed by atoms with E-state index in [1.165, 1.54) is 7.11 Å². The van der Waals surface area contributed by atoms with Crippen LogP contribution in [0.1, 0.15) is 32.6 Å². The number of methoxy groups -OCH3 is 1. The summed E-state index contributed by atoms with van der Waals surface area (Å²) in [4.78, 5) is 11.2. The van der Waals surface area contributed by atoms with Gasteiger partial charge in [0, 0.05) is 18.7 Å². The van der Waals surface area contributed by atoms with Crippen LogP contribution in [0.3, 0.4) is 0 Å². The zero-order valence-electron chi connectivity index (χ0n) is 10.1. The molecule has 1 aliphatic rings. The van der Waals surface area contributed by atoms with Crippen LogP contribution in [-0.2, 0) is 9.53 Å². The number of hydrogen-bond acceptors (Lipinski definition) is 4. The van der Waals surface area contributed by atoms with Gasteiger partial charge < -0.3 is 15.2 Å². The highest BCUT2D eigenvalue weighted by Gasteiger charge is 2.33. The van der Waals surface area contributed by atoms with Gasteiger partial charge in [0.1, 0.15) is 0 Å². The summed E-state index contributed by atoms with van der Waals surface area (Å²) in [7, 11) is 1.39. The Morgan fingerprint density at radius 1 is 1.56 bits per heavy atom. The molecular formula is C12H21NO3. The second-order valence-corrected chi connectivity index (χ2v) is 4.28. The van der Waals surface area contributed by atoms with E-state index in [2.05, 4.69) is 10.1 Å². The van der Waals surface area contributed by atoms with Crippen LogP contribution in [0, 0.1) is 0 Å². The first kappa shape index (κ1) is 13.2. The molecule has 16 heavy (non-hydrogen) atoms. The zero-order valence-corrected chi connectivity index (χ0v) is 10.1. The molecule has 1 aliphatic carbocycles. The van der Waals surface area contributed by atoms with Crippen molar-refractivity contribution in [1.82, 2.24) is 5.32 Å². The third-order valence-electron chi connectivity index (χ3n) is 3.06. The second-order valence-electron chi connectivity index (χ2n) is 4.28. The maximum absolute atomic E-state index is 11.2. The highest BCUT2D eigenvalue weighted by atomic mass is 16.5. The van der Waals surface area contributed by atoms with E-state index in [-0.39, 0.29) is 5.97 Å². The number of esters is 1. The van der Waals surface area contributed by atoms with Crippen LogP contribution >= 0.6 is 0 Å². The van der Waals surface area contributed by atoms with Gasteiger partial charge in [0.2, 0.25) is 0 Å². The molecule has 0 aromatic carbocycles. The number of hydrogen-bond donors (Lipinski definition) is 2. The second kappa shape index (κ2) is 6.01. The topological polar surface area (TPSA) is 58.6 Å². The Morgan fingerprint density at radius 3 is 2.69 bits per heavy atom. The van der Waals surface area contributed by atoms with Crippen molar-refractivity contribution in [3.8, 4) is 0 Å². The van der Waals surface area contributed by atoms with Crippen LogP contribution < -0.4 is 5.32 Å². The third-order valence-corrected chi connectivity index (χ3v) is 3.06. The van der Waals surface area contributed by atoms with Crippen molar-refractivity contribution < 1.29 is 14.6 Å². The van der Waals surface area contributed by atoms with Crippen molar-refractivity contribution in [1.29, 1.82) is 0 Å². The Labute approximate surface area is 96.7 Å². The van der Waals surface area contributed by atoms with Crippen molar-refractivity contribution in [3.05, 3.63) is 11.6 Å². The molecular weight excluding hydrogens is 206 g/mol. The number of ether oxygens (including phenoxy) is 1. The van der Waals surface area contributed by atoms with Crippen LogP contribution in [0.15, 0.2) is 11.6 Å². The molecule has 0 saturated heterocycles. The SMILES string of the molecule is CCC(=CCNCC1(O)CCC1)C(=O)OC. The van der Waals surface area contributed by atoms with E-state index >= 15 is 0 Å². The highest BCUT2D eigenvalue weighted by molar-refractivity contribution is 5.88. The van der Waals surface area contributed by atoms with Crippen LogP contribution in [0.4, 0.5) is 0 Å². The van der Waals surface area contributed by atoms with Gasteiger partial charge in [-0.15, -0.1) is 0 Å². The van der Waals surface area contributed by atoms with Gasteiger partial charge in [-0.1, -0.05) is 13.0 Å². The van der Waals surface area contributed by atoms with Gasteiger partial charge in [-0.05, 0) is 25.7 Å². The highest BCUT2D eigenvalue weighted by Crippen LogP contribution is 2.30. The molecule has 0 radical (unpaired) electrons. The lowest BCUT2D eigenvalue weighted by atomic mass is 9.80. The number of carbonyl (C=O) groups excluding carboxylic acids is 1. The molecule has 0 atom stereocenters. The first-order valence-corrected chi connectivity index (χ1v) is 5.82. The molecule has 0 unspecified atom stereocenters. The predicted molar refractivity (Wildman–Crippen MR) is 62.1 cm³/mol. The molecule has 0 spiro atoms. The molecule has 0 aliphatic heterocycles. The Kier molecular flexibility index (Phi) is 4.96. The van der Waals surface area contributed by atoms with E-state index in [1.54, 1.807) is 0 Å². The number of nitrogens with one attached hydrogen (secondary N) is 1. The summed E-state index contributed by atoms with van der Waals surface area (Å²) in [5.74, 6) is -0.272. The van der Waals surface area contributed by atoms with Crippen LogP contribution in [0.5, 0.6) is 0 Å². The molecule has 1 saturated carbocycles. The average molecular weight is 227 g/mol. The summed E-state index contributed by atoms with van der Waals surface area (Å²) in [6.45, 7) is 3.12. The minimum Gasteiger partial charge on any atom is -0.466 e. The number of aliphatic hydroxyl groups is 1. The lowest BCUT2D eigenvalue weighted by Gasteiger charge is -2.36. The van der Waals surface area contributed by atoms with Gasteiger partial charge in [0.05, 0.1) is 12.7 Å². The van der Waals surface area contributed by atoms with E-state index in [4.69, 9.17) is 0 Å². The zero-order chi connectivity index (χ0) is 12.0. The molecule has 4 nitrogen and oxygen atoms in total. The van der Waals surface area contributed by atoms with Crippen molar-refractivity contribution in [2.45, 2.75) is 38.2 Å². The fourth-order valence-electron chi connectivity index (χ4n) is 1.76. The van der Waals surface area contributed by atoms with Crippen LogP contribution in [-0.4, -0.2) is 36.9 Å². The van der Waals surface area contributed by atoms with E-state index in [0.29, 0.717) is 25.1 Å². The lowest BCUT2D eigenvalue weighted by molar-refractivity contribution is -0.136. The third kappa shape index (κ3) is 3.61. The minimum atomic E-state index is -0.508.